The number of halogens is 6. The van der Waals surface area contributed by atoms with Crippen LogP contribution in [0.4, 0.5) is 26.3 Å². The molecule has 0 aromatic heterocycles. The Morgan fingerprint density at radius 3 is 2.17 bits per heavy atom. The van der Waals surface area contributed by atoms with Crippen LogP contribution in [-0.2, 0) is 6.18 Å². The maximum Gasteiger partial charge on any atom is 0.416 e. The van der Waals surface area contributed by atoms with Gasteiger partial charge in [-0.05, 0) is 47.2 Å². The second-order valence-electron chi connectivity index (χ2n) is 5.37. The second-order valence-corrected chi connectivity index (χ2v) is 5.37. The highest BCUT2D eigenvalue weighted by Gasteiger charge is 2.33. The van der Waals surface area contributed by atoms with Crippen molar-refractivity contribution in [3.63, 3.8) is 0 Å². The molecule has 0 bridgehead atoms. The molecule has 1 aromatic rings. The summed E-state index contributed by atoms with van der Waals surface area (Å²) in [4.78, 5) is 0. The van der Waals surface area contributed by atoms with E-state index in [2.05, 4.69) is 13.2 Å². The molecule has 6 heteroatoms. The van der Waals surface area contributed by atoms with Crippen molar-refractivity contribution in [3.05, 3.63) is 65.8 Å². The zero-order chi connectivity index (χ0) is 18.7. The summed E-state index contributed by atoms with van der Waals surface area (Å²) in [6.45, 7) is 10.1. The van der Waals surface area contributed by atoms with Gasteiger partial charge >= 0.3 is 12.4 Å². The zero-order valence-corrected chi connectivity index (χ0v) is 13.4. The quantitative estimate of drug-likeness (QED) is 0.308. The summed E-state index contributed by atoms with van der Waals surface area (Å²) in [5.74, 6) is -0.330. The third-order valence-electron chi connectivity index (χ3n) is 3.66. The van der Waals surface area contributed by atoms with Crippen molar-refractivity contribution in [3.8, 4) is 0 Å². The predicted octanol–water partition coefficient (Wildman–Crippen LogP) is 6.91. The Hall–Kier alpha value is -1.98. The summed E-state index contributed by atoms with van der Waals surface area (Å²) in [5.41, 5.74) is -1.41. The topological polar surface area (TPSA) is 0 Å². The Morgan fingerprint density at radius 2 is 1.75 bits per heavy atom. The first-order chi connectivity index (χ1) is 10.9. The second kappa shape index (κ2) is 7.28. The molecule has 0 aliphatic carbocycles. The Balaban J connectivity index is 3.50. The average molecular weight is 348 g/mol. The number of benzene rings is 1. The smallest absolute Gasteiger partial charge is 0.166 e. The first-order valence-corrected chi connectivity index (χ1v) is 7.22. The number of hydrogen-bond acceptors (Lipinski definition) is 0. The van der Waals surface area contributed by atoms with Crippen molar-refractivity contribution in [1.82, 2.24) is 0 Å². The van der Waals surface area contributed by atoms with E-state index in [0.29, 0.717) is 5.56 Å². The molecule has 0 fully saturated rings. The van der Waals surface area contributed by atoms with Gasteiger partial charge in [0.2, 0.25) is 0 Å². The van der Waals surface area contributed by atoms with Crippen LogP contribution in [-0.4, -0.2) is 6.18 Å². The summed E-state index contributed by atoms with van der Waals surface area (Å²) in [5, 5.41) is 0. The van der Waals surface area contributed by atoms with Crippen molar-refractivity contribution in [2.45, 2.75) is 38.5 Å². The summed E-state index contributed by atoms with van der Waals surface area (Å²) >= 11 is 0. The van der Waals surface area contributed by atoms with Crippen LogP contribution < -0.4 is 0 Å². The van der Waals surface area contributed by atoms with Crippen molar-refractivity contribution in [1.29, 1.82) is 0 Å². The number of alkyl halides is 6. The molecule has 0 radical (unpaired) electrons. The molecule has 0 aliphatic heterocycles. The Morgan fingerprint density at radius 1 is 1.17 bits per heavy atom. The predicted molar refractivity (Wildman–Crippen MR) is 83.5 cm³/mol. The van der Waals surface area contributed by atoms with Gasteiger partial charge in [0.1, 0.15) is 0 Å². The third-order valence-corrected chi connectivity index (χ3v) is 3.66. The van der Waals surface area contributed by atoms with Gasteiger partial charge in [0.05, 0.1) is 5.56 Å². The van der Waals surface area contributed by atoms with Crippen LogP contribution >= 0.6 is 0 Å². The molecular weight excluding hydrogens is 330 g/mol. The maximum absolute atomic E-state index is 12.9. The first-order valence-electron chi connectivity index (χ1n) is 7.22. The summed E-state index contributed by atoms with van der Waals surface area (Å²) < 4.78 is 77.4. The SMILES string of the molecule is C=CC(C)c1ccc(C(F)(F)F)cc1C(=C)/C=C(\CC)C(F)(F)F. The molecule has 0 saturated carbocycles. The minimum Gasteiger partial charge on any atom is -0.166 e. The van der Waals surface area contributed by atoms with Gasteiger partial charge in [-0.25, -0.2) is 0 Å². The van der Waals surface area contributed by atoms with E-state index in [9.17, 15) is 26.3 Å². The standard InChI is InChI=1S/C18H18F6/c1-5-11(3)15-8-7-14(18(22,23)24)10-16(15)12(4)9-13(6-2)17(19,20)21/h5,7-11H,1,4,6H2,2-3H3/b13-9+. The normalized spacial score (nSPS) is 14.4. The van der Waals surface area contributed by atoms with Gasteiger partial charge in [-0.3, -0.25) is 0 Å². The highest BCUT2D eigenvalue weighted by atomic mass is 19.4. The molecule has 1 aromatic carbocycles. The molecule has 0 N–H and O–H groups in total. The van der Waals surface area contributed by atoms with E-state index < -0.39 is 23.5 Å². The fourth-order valence-electron chi connectivity index (χ4n) is 2.21. The Kier molecular flexibility index (Phi) is 6.09. The lowest BCUT2D eigenvalue weighted by atomic mass is 9.89. The largest absolute Gasteiger partial charge is 0.416 e. The molecule has 1 unspecified atom stereocenters. The molecule has 0 aliphatic rings. The minimum atomic E-state index is -4.59. The van der Waals surface area contributed by atoms with Gasteiger partial charge in [0, 0.05) is 5.57 Å². The van der Waals surface area contributed by atoms with E-state index in [0.717, 1.165) is 18.2 Å². The van der Waals surface area contributed by atoms with Crippen LogP contribution in [0.25, 0.3) is 5.57 Å². The summed E-state index contributed by atoms with van der Waals surface area (Å²) in [6, 6.07) is 2.99. The van der Waals surface area contributed by atoms with Crippen molar-refractivity contribution in [2.75, 3.05) is 0 Å². The van der Waals surface area contributed by atoms with E-state index in [1.807, 2.05) is 0 Å². The minimum absolute atomic E-state index is 0.0347. The summed E-state index contributed by atoms with van der Waals surface area (Å²) in [6.07, 6.45) is -7.13. The van der Waals surface area contributed by atoms with E-state index in [-0.39, 0.29) is 23.5 Å². The van der Waals surface area contributed by atoms with Gasteiger partial charge < -0.3 is 0 Å². The molecule has 0 heterocycles. The van der Waals surface area contributed by atoms with Crippen LogP contribution in [0.2, 0.25) is 0 Å². The number of allylic oxidation sites excluding steroid dienone is 4. The van der Waals surface area contributed by atoms with Crippen molar-refractivity contribution in [2.24, 2.45) is 0 Å². The average Bonchev–Trinajstić information content (AvgIpc) is 2.48. The van der Waals surface area contributed by atoms with Crippen LogP contribution in [0, 0.1) is 0 Å². The highest BCUT2D eigenvalue weighted by Crippen LogP contribution is 2.36. The van der Waals surface area contributed by atoms with E-state index in [1.165, 1.54) is 19.1 Å². The molecule has 1 atom stereocenters. The lowest BCUT2D eigenvalue weighted by Gasteiger charge is -2.18. The van der Waals surface area contributed by atoms with Gasteiger partial charge in [0.15, 0.2) is 0 Å². The molecular formula is C18H18F6. The molecule has 0 nitrogen and oxygen atoms in total. The van der Waals surface area contributed by atoms with Gasteiger partial charge in [-0.15, -0.1) is 6.58 Å². The maximum atomic E-state index is 12.9. The van der Waals surface area contributed by atoms with Crippen molar-refractivity contribution < 1.29 is 26.3 Å². The van der Waals surface area contributed by atoms with E-state index in [1.54, 1.807) is 6.92 Å². The van der Waals surface area contributed by atoms with Crippen LogP contribution in [0.1, 0.15) is 42.9 Å². The van der Waals surface area contributed by atoms with Gasteiger partial charge in [0.25, 0.3) is 0 Å². The number of rotatable bonds is 5. The Labute approximate surface area is 137 Å². The third kappa shape index (κ3) is 4.76. The Bertz CT molecular complexity index is 646. The monoisotopic (exact) mass is 348 g/mol. The van der Waals surface area contributed by atoms with Gasteiger partial charge in [-0.1, -0.05) is 32.6 Å². The van der Waals surface area contributed by atoms with Gasteiger partial charge in [-0.2, -0.15) is 26.3 Å². The summed E-state index contributed by atoms with van der Waals surface area (Å²) in [7, 11) is 0. The fraction of sp³-hybridized carbons (Fsp3) is 0.333. The van der Waals surface area contributed by atoms with E-state index in [4.69, 9.17) is 0 Å². The van der Waals surface area contributed by atoms with E-state index >= 15 is 0 Å². The first kappa shape index (κ1) is 20.1. The van der Waals surface area contributed by atoms with Crippen LogP contribution in [0.3, 0.4) is 0 Å². The molecule has 0 spiro atoms. The fourth-order valence-corrected chi connectivity index (χ4v) is 2.21. The van der Waals surface area contributed by atoms with Crippen molar-refractivity contribution >= 4 is 5.57 Å². The molecule has 132 valence electrons. The van der Waals surface area contributed by atoms with Crippen LogP contribution in [0.15, 0.2) is 49.1 Å². The molecule has 0 amide bonds. The lowest BCUT2D eigenvalue weighted by molar-refractivity contribution is -0.137. The molecule has 0 saturated heterocycles. The molecule has 1 rings (SSSR count). The lowest BCUT2D eigenvalue weighted by Crippen LogP contribution is -2.12. The highest BCUT2D eigenvalue weighted by molar-refractivity contribution is 5.76. The zero-order valence-electron chi connectivity index (χ0n) is 13.4. The molecule has 24 heavy (non-hydrogen) atoms. The van der Waals surface area contributed by atoms with Crippen LogP contribution in [0.5, 0.6) is 0 Å². The number of hydrogen-bond donors (Lipinski definition) is 0.